The Hall–Kier alpha value is -2.03. The minimum atomic E-state index is -0.594. The van der Waals surface area contributed by atoms with Gasteiger partial charge in [-0.1, -0.05) is 30.3 Å². The maximum absolute atomic E-state index is 12.5. The number of rotatable bonds is 9. The van der Waals surface area contributed by atoms with Gasteiger partial charge in [0.25, 0.3) is 0 Å². The Morgan fingerprint density at radius 1 is 1.00 bits per heavy atom. The van der Waals surface area contributed by atoms with Crippen LogP contribution in [0, 0.1) is 13.8 Å². The third-order valence-electron chi connectivity index (χ3n) is 5.55. The van der Waals surface area contributed by atoms with E-state index in [9.17, 15) is 9.90 Å². The minimum absolute atomic E-state index is 0. The van der Waals surface area contributed by atoms with Crippen molar-refractivity contribution < 1.29 is 47.0 Å². The smallest absolute Gasteiger partial charge is 1.00 e. The molecule has 1 amide bonds. The second-order valence-electron chi connectivity index (χ2n) is 8.01. The van der Waals surface area contributed by atoms with E-state index < -0.39 is 6.10 Å². The Bertz CT molecular complexity index is 867. The van der Waals surface area contributed by atoms with Crippen LogP contribution in [0.5, 0.6) is 11.5 Å². The topological polar surface area (TPSA) is 74.3 Å². The number of methoxy groups -OCH3 is 1. The summed E-state index contributed by atoms with van der Waals surface area (Å²) < 4.78 is 11.0. The van der Waals surface area contributed by atoms with E-state index >= 15 is 0 Å². The molecule has 1 atom stereocenters. The van der Waals surface area contributed by atoms with Crippen molar-refractivity contribution in [3.8, 4) is 11.5 Å². The van der Waals surface area contributed by atoms with Gasteiger partial charge in [-0.25, -0.2) is 0 Å². The van der Waals surface area contributed by atoms with Crippen LogP contribution in [0.25, 0.3) is 0 Å². The van der Waals surface area contributed by atoms with Crippen molar-refractivity contribution in [2.75, 3.05) is 58.3 Å². The third-order valence-corrected chi connectivity index (χ3v) is 5.55. The number of para-hydroxylation sites is 3. The van der Waals surface area contributed by atoms with Crippen molar-refractivity contribution >= 4 is 11.6 Å². The van der Waals surface area contributed by atoms with Crippen LogP contribution in [-0.2, 0) is 4.79 Å². The average Bonchev–Trinajstić information content (AvgIpc) is 2.76. The summed E-state index contributed by atoms with van der Waals surface area (Å²) in [4.78, 5) is 16.8. The molecule has 1 aliphatic heterocycles. The Morgan fingerprint density at radius 3 is 2.18 bits per heavy atom. The molecule has 1 aliphatic rings. The first-order valence-electron chi connectivity index (χ1n) is 10.7. The van der Waals surface area contributed by atoms with Crippen molar-refractivity contribution in [3.05, 3.63) is 53.6 Å². The lowest BCUT2D eigenvalue weighted by Crippen LogP contribution is -3.00. The quantitative estimate of drug-likeness (QED) is 0.373. The maximum atomic E-state index is 12.5. The van der Waals surface area contributed by atoms with Gasteiger partial charge in [-0.2, -0.15) is 0 Å². The first-order chi connectivity index (χ1) is 15.0. The number of anilines is 1. The molecule has 1 heterocycles. The van der Waals surface area contributed by atoms with E-state index in [1.807, 2.05) is 56.3 Å². The number of hydrogen-bond acceptors (Lipinski definition) is 6. The molecule has 0 saturated carbocycles. The van der Waals surface area contributed by atoms with Crippen LogP contribution in [-0.4, -0.2) is 79.9 Å². The third kappa shape index (κ3) is 8.68. The highest BCUT2D eigenvalue weighted by molar-refractivity contribution is 5.93. The normalized spacial score (nSPS) is 15.0. The molecule has 1 unspecified atom stereocenters. The molecule has 1 saturated heterocycles. The first kappa shape index (κ1) is 29.0. The van der Waals surface area contributed by atoms with Gasteiger partial charge in [-0.05, 0) is 37.1 Å². The highest BCUT2D eigenvalue weighted by Crippen LogP contribution is 2.25. The number of hydrogen-bond donors (Lipinski definition) is 2. The lowest BCUT2D eigenvalue weighted by atomic mass is 10.1. The minimum Gasteiger partial charge on any atom is -1.00 e. The van der Waals surface area contributed by atoms with Gasteiger partial charge in [0.15, 0.2) is 11.5 Å². The number of aliphatic hydroxyl groups excluding tert-OH is 1. The van der Waals surface area contributed by atoms with Crippen LogP contribution in [0.15, 0.2) is 42.5 Å². The molecule has 2 aromatic rings. The zero-order valence-electron chi connectivity index (χ0n) is 21.4. The largest absolute Gasteiger partial charge is 1.00 e. The molecular formula is C24H35Cl2N3O4. The monoisotopic (exact) mass is 499 g/mol. The highest BCUT2D eigenvalue weighted by atomic mass is 35.5. The number of amides is 1. The van der Waals surface area contributed by atoms with Gasteiger partial charge in [0.1, 0.15) is 12.7 Å². The van der Waals surface area contributed by atoms with Crippen LogP contribution in [0.1, 0.15) is 14.0 Å². The number of ether oxygens (including phenoxy) is 2. The number of β-amino-alcohol motifs (C(OH)–C–C–N with tert-alkyl or cyclic N) is 1. The highest BCUT2D eigenvalue weighted by Gasteiger charge is 2.21. The van der Waals surface area contributed by atoms with Crippen molar-refractivity contribution in [1.29, 1.82) is 0 Å². The van der Waals surface area contributed by atoms with Crippen molar-refractivity contribution in [1.82, 2.24) is 9.80 Å². The molecule has 0 radical (unpaired) electrons. The van der Waals surface area contributed by atoms with Crippen LogP contribution < -0.4 is 39.6 Å². The fraction of sp³-hybridized carbons (Fsp3) is 0.458. The SMILES string of the molecule is COc1ccccc1OCC(O)CN1CCN(CC(=O)Nc2c(C)cccc2C)CC1.[Cl-].[Cl-].[H+].[H+]. The molecule has 9 heteroatoms. The van der Waals surface area contributed by atoms with Gasteiger partial charge in [0.2, 0.25) is 5.91 Å². The van der Waals surface area contributed by atoms with E-state index in [-0.39, 0.29) is 40.2 Å². The van der Waals surface area contributed by atoms with Gasteiger partial charge in [0.05, 0.1) is 13.7 Å². The molecule has 2 aromatic carbocycles. The molecular weight excluding hydrogens is 465 g/mol. The van der Waals surface area contributed by atoms with E-state index in [4.69, 9.17) is 9.47 Å². The number of aliphatic hydroxyl groups is 1. The van der Waals surface area contributed by atoms with E-state index in [2.05, 4.69) is 15.1 Å². The van der Waals surface area contributed by atoms with E-state index in [1.165, 1.54) is 0 Å². The van der Waals surface area contributed by atoms with Crippen LogP contribution in [0.3, 0.4) is 0 Å². The standard InChI is InChI=1S/C24H33N3O4.2ClH/c1-18-7-6-8-19(2)24(18)25-23(29)16-27-13-11-26(12-14-27)15-20(28)17-31-22-10-5-4-9-21(22)30-3;;/h4-10,20,28H,11-17H2,1-3H3,(H,25,29);2*1H. The molecule has 0 bridgehead atoms. The maximum Gasteiger partial charge on any atom is 1.00 e. The molecule has 1 fully saturated rings. The summed E-state index contributed by atoms with van der Waals surface area (Å²) in [6, 6.07) is 13.4. The zero-order chi connectivity index (χ0) is 22.2. The number of aryl methyl sites for hydroxylation is 2. The van der Waals surface area contributed by atoms with Gasteiger partial charge in [0, 0.05) is 38.4 Å². The average molecular weight is 500 g/mol. The number of benzene rings is 2. The second-order valence-corrected chi connectivity index (χ2v) is 8.01. The fourth-order valence-corrected chi connectivity index (χ4v) is 3.80. The van der Waals surface area contributed by atoms with E-state index in [1.54, 1.807) is 7.11 Å². The summed E-state index contributed by atoms with van der Waals surface area (Å²) in [5, 5.41) is 13.4. The Balaban J connectivity index is 0. The predicted molar refractivity (Wildman–Crippen MR) is 124 cm³/mol. The molecule has 0 aromatic heterocycles. The fourth-order valence-electron chi connectivity index (χ4n) is 3.80. The van der Waals surface area contributed by atoms with Crippen LogP contribution >= 0.6 is 0 Å². The van der Waals surface area contributed by atoms with Gasteiger partial charge in [-0.3, -0.25) is 14.6 Å². The van der Waals surface area contributed by atoms with Gasteiger partial charge >= 0.3 is 2.85 Å². The van der Waals surface area contributed by atoms with E-state index in [0.29, 0.717) is 24.6 Å². The Kier molecular flexibility index (Phi) is 12.5. The van der Waals surface area contributed by atoms with Gasteiger partial charge in [-0.15, -0.1) is 0 Å². The van der Waals surface area contributed by atoms with Gasteiger partial charge < -0.3 is 44.7 Å². The molecule has 7 nitrogen and oxygen atoms in total. The Morgan fingerprint density at radius 2 is 1.58 bits per heavy atom. The summed E-state index contributed by atoms with van der Waals surface area (Å²) in [5.41, 5.74) is 3.05. The van der Waals surface area contributed by atoms with Crippen LogP contribution in [0.2, 0.25) is 0 Å². The van der Waals surface area contributed by atoms with E-state index in [0.717, 1.165) is 43.0 Å². The zero-order valence-corrected chi connectivity index (χ0v) is 20.9. The lowest BCUT2D eigenvalue weighted by Gasteiger charge is -2.35. The van der Waals surface area contributed by atoms with Crippen LogP contribution in [0.4, 0.5) is 5.69 Å². The molecule has 0 aliphatic carbocycles. The van der Waals surface area contributed by atoms with Crippen molar-refractivity contribution in [2.45, 2.75) is 20.0 Å². The summed E-state index contributed by atoms with van der Waals surface area (Å²) in [6.07, 6.45) is -0.594. The second kappa shape index (κ2) is 14.3. The molecule has 184 valence electrons. The van der Waals surface area contributed by atoms with Crippen molar-refractivity contribution in [3.63, 3.8) is 0 Å². The molecule has 2 N–H and O–H groups in total. The lowest BCUT2D eigenvalue weighted by molar-refractivity contribution is -0.117. The summed E-state index contributed by atoms with van der Waals surface area (Å²) in [6.45, 7) is 8.33. The number of nitrogens with one attached hydrogen (secondary N) is 1. The first-order valence-corrected chi connectivity index (χ1v) is 10.7. The number of piperazine rings is 1. The summed E-state index contributed by atoms with van der Waals surface area (Å²) in [7, 11) is 1.60. The summed E-state index contributed by atoms with van der Waals surface area (Å²) in [5.74, 6) is 1.29. The number of halogens is 2. The molecule has 0 spiro atoms. The number of carbonyl (C=O) groups excluding carboxylic acids is 1. The van der Waals surface area contributed by atoms with Crippen molar-refractivity contribution in [2.24, 2.45) is 0 Å². The predicted octanol–water partition coefficient (Wildman–Crippen LogP) is -3.46. The Labute approximate surface area is 211 Å². The number of nitrogens with zero attached hydrogens (tertiary/aromatic N) is 2. The molecule has 3 rings (SSSR count). The molecule has 33 heavy (non-hydrogen) atoms. The number of carbonyl (C=O) groups is 1. The summed E-state index contributed by atoms with van der Waals surface area (Å²) >= 11 is 0.